The van der Waals surface area contributed by atoms with Crippen LogP contribution in [0.25, 0.3) is 17.0 Å². The molecule has 0 saturated heterocycles. The molecule has 7 nitrogen and oxygen atoms in total. The van der Waals surface area contributed by atoms with Gasteiger partial charge in [-0.1, -0.05) is 41.9 Å². The van der Waals surface area contributed by atoms with E-state index in [1.165, 1.54) is 0 Å². The van der Waals surface area contributed by atoms with Gasteiger partial charge >= 0.3 is 0 Å². The van der Waals surface area contributed by atoms with Crippen LogP contribution in [0.2, 0.25) is 5.02 Å². The van der Waals surface area contributed by atoms with Crippen molar-refractivity contribution in [1.82, 2.24) is 25.1 Å². The number of amides is 1. The van der Waals surface area contributed by atoms with Crippen molar-refractivity contribution < 1.29 is 9.53 Å². The van der Waals surface area contributed by atoms with Crippen LogP contribution in [0.1, 0.15) is 10.4 Å². The van der Waals surface area contributed by atoms with Gasteiger partial charge in [0.05, 0.1) is 11.6 Å². The van der Waals surface area contributed by atoms with E-state index in [4.69, 9.17) is 16.3 Å². The first-order valence-corrected chi connectivity index (χ1v) is 9.03. The van der Waals surface area contributed by atoms with E-state index >= 15 is 0 Å². The van der Waals surface area contributed by atoms with Crippen LogP contribution in [-0.2, 0) is 0 Å². The zero-order valence-corrected chi connectivity index (χ0v) is 15.5. The van der Waals surface area contributed by atoms with Gasteiger partial charge in [0, 0.05) is 17.2 Å². The highest BCUT2D eigenvalue weighted by atomic mass is 35.5. The van der Waals surface area contributed by atoms with Gasteiger partial charge in [-0.05, 0) is 30.3 Å². The monoisotopic (exact) mass is 393 g/mol. The van der Waals surface area contributed by atoms with Crippen molar-refractivity contribution in [3.63, 3.8) is 0 Å². The molecule has 0 spiro atoms. The van der Waals surface area contributed by atoms with E-state index in [9.17, 15) is 4.79 Å². The van der Waals surface area contributed by atoms with Gasteiger partial charge in [0.2, 0.25) is 5.88 Å². The molecule has 0 saturated carbocycles. The zero-order valence-electron chi connectivity index (χ0n) is 14.7. The number of rotatable bonds is 6. The Hall–Kier alpha value is -3.45. The number of nitrogens with one attached hydrogen (secondary N) is 1. The number of halogens is 1. The molecule has 0 aliphatic heterocycles. The molecule has 0 aliphatic carbocycles. The summed E-state index contributed by atoms with van der Waals surface area (Å²) in [4.78, 5) is 12.0. The predicted molar refractivity (Wildman–Crippen MR) is 105 cm³/mol. The Morgan fingerprint density at radius 2 is 1.79 bits per heavy atom. The maximum Gasteiger partial charge on any atom is 0.251 e. The Kier molecular flexibility index (Phi) is 5.16. The Morgan fingerprint density at radius 1 is 1.00 bits per heavy atom. The fourth-order valence-corrected chi connectivity index (χ4v) is 2.89. The molecule has 0 aliphatic rings. The van der Waals surface area contributed by atoms with Crippen molar-refractivity contribution in [2.75, 3.05) is 13.2 Å². The SMILES string of the molecule is O=C(NCCOc1ccc2nnc(-c3ccccc3Cl)n2n1)c1ccccc1. The van der Waals surface area contributed by atoms with E-state index in [-0.39, 0.29) is 12.5 Å². The molecule has 4 aromatic rings. The van der Waals surface area contributed by atoms with Gasteiger partial charge in [-0.3, -0.25) is 4.79 Å². The molecular formula is C20H16ClN5O2. The van der Waals surface area contributed by atoms with Gasteiger partial charge in [-0.15, -0.1) is 15.3 Å². The maximum atomic E-state index is 12.0. The van der Waals surface area contributed by atoms with E-state index in [0.29, 0.717) is 34.5 Å². The van der Waals surface area contributed by atoms with Crippen LogP contribution < -0.4 is 10.1 Å². The minimum atomic E-state index is -0.146. The summed E-state index contributed by atoms with van der Waals surface area (Å²) in [7, 11) is 0. The highest BCUT2D eigenvalue weighted by Crippen LogP contribution is 2.26. The molecule has 4 rings (SSSR count). The van der Waals surface area contributed by atoms with Crippen LogP contribution in [0.15, 0.2) is 66.7 Å². The summed E-state index contributed by atoms with van der Waals surface area (Å²) in [5.74, 6) is 0.783. The molecule has 2 heterocycles. The lowest BCUT2D eigenvalue weighted by molar-refractivity contribution is 0.0946. The molecule has 8 heteroatoms. The second-order valence-electron chi connectivity index (χ2n) is 5.92. The molecule has 1 N–H and O–H groups in total. The average Bonchev–Trinajstić information content (AvgIpc) is 3.15. The second kappa shape index (κ2) is 8.06. The standard InChI is InChI=1S/C20H16ClN5O2/c21-16-9-5-4-8-15(16)19-24-23-17-10-11-18(25-26(17)19)28-13-12-22-20(27)14-6-2-1-3-7-14/h1-11H,12-13H2,(H,22,27). The van der Waals surface area contributed by atoms with Gasteiger partial charge in [0.25, 0.3) is 5.91 Å². The minimum Gasteiger partial charge on any atom is -0.475 e. The van der Waals surface area contributed by atoms with Crippen LogP contribution in [0, 0.1) is 0 Å². The minimum absolute atomic E-state index is 0.146. The number of fused-ring (bicyclic) bond motifs is 1. The molecule has 0 radical (unpaired) electrons. The Morgan fingerprint density at radius 3 is 2.61 bits per heavy atom. The molecule has 2 aromatic heterocycles. The average molecular weight is 394 g/mol. The van der Waals surface area contributed by atoms with Crippen LogP contribution in [-0.4, -0.2) is 38.9 Å². The Bertz CT molecular complexity index is 1110. The summed E-state index contributed by atoms with van der Waals surface area (Å²) in [6.45, 7) is 0.633. The number of carbonyl (C=O) groups is 1. The van der Waals surface area contributed by atoms with Crippen molar-refractivity contribution in [2.45, 2.75) is 0 Å². The van der Waals surface area contributed by atoms with Gasteiger partial charge in [0.15, 0.2) is 11.5 Å². The number of hydrogen-bond acceptors (Lipinski definition) is 5. The summed E-state index contributed by atoms with van der Waals surface area (Å²) < 4.78 is 7.24. The Labute approximate surface area is 165 Å². The second-order valence-corrected chi connectivity index (χ2v) is 6.32. The molecule has 1 amide bonds. The number of hydrogen-bond donors (Lipinski definition) is 1. The number of aromatic nitrogens is 4. The van der Waals surface area contributed by atoms with E-state index in [1.807, 2.05) is 36.4 Å². The fourth-order valence-electron chi connectivity index (χ4n) is 2.67. The summed E-state index contributed by atoms with van der Waals surface area (Å²) in [6, 6.07) is 19.9. The normalized spacial score (nSPS) is 10.8. The predicted octanol–water partition coefficient (Wildman–Crippen LogP) is 3.25. The van der Waals surface area contributed by atoms with Crippen LogP contribution >= 0.6 is 11.6 Å². The topological polar surface area (TPSA) is 81.4 Å². The number of nitrogens with zero attached hydrogens (tertiary/aromatic N) is 4. The van der Waals surface area contributed by atoms with Crippen molar-refractivity contribution in [1.29, 1.82) is 0 Å². The lowest BCUT2D eigenvalue weighted by Gasteiger charge is -2.08. The van der Waals surface area contributed by atoms with Gasteiger partial charge in [-0.2, -0.15) is 4.52 Å². The van der Waals surface area contributed by atoms with E-state index in [2.05, 4.69) is 20.6 Å². The third-order valence-corrected chi connectivity index (χ3v) is 4.36. The van der Waals surface area contributed by atoms with Crippen molar-refractivity contribution in [3.05, 3.63) is 77.3 Å². The van der Waals surface area contributed by atoms with E-state index < -0.39 is 0 Å². The third-order valence-electron chi connectivity index (χ3n) is 4.03. The van der Waals surface area contributed by atoms with Crippen molar-refractivity contribution >= 4 is 23.2 Å². The molecule has 0 bridgehead atoms. The van der Waals surface area contributed by atoms with Gasteiger partial charge in [-0.25, -0.2) is 0 Å². The quantitative estimate of drug-likeness (QED) is 0.508. The van der Waals surface area contributed by atoms with E-state index in [1.54, 1.807) is 34.8 Å². The zero-order chi connectivity index (χ0) is 19.3. The van der Waals surface area contributed by atoms with Crippen molar-refractivity contribution in [2.24, 2.45) is 0 Å². The van der Waals surface area contributed by atoms with Crippen LogP contribution in [0.3, 0.4) is 0 Å². The highest BCUT2D eigenvalue weighted by molar-refractivity contribution is 6.33. The van der Waals surface area contributed by atoms with E-state index in [0.717, 1.165) is 5.56 Å². The van der Waals surface area contributed by atoms with Crippen molar-refractivity contribution in [3.8, 4) is 17.3 Å². The molecule has 0 unspecified atom stereocenters. The third kappa shape index (κ3) is 3.79. The maximum absolute atomic E-state index is 12.0. The summed E-state index contributed by atoms with van der Waals surface area (Å²) in [5.41, 5.74) is 1.92. The van der Waals surface area contributed by atoms with Crippen LogP contribution in [0.5, 0.6) is 5.88 Å². The lowest BCUT2D eigenvalue weighted by Crippen LogP contribution is -2.28. The first-order chi connectivity index (χ1) is 13.7. The summed E-state index contributed by atoms with van der Waals surface area (Å²) in [5, 5.41) is 16.1. The van der Waals surface area contributed by atoms with Gasteiger partial charge in [0.1, 0.15) is 6.61 Å². The number of ether oxygens (including phenoxy) is 1. The smallest absolute Gasteiger partial charge is 0.251 e. The van der Waals surface area contributed by atoms with Gasteiger partial charge < -0.3 is 10.1 Å². The first-order valence-electron chi connectivity index (χ1n) is 8.66. The number of carbonyl (C=O) groups excluding carboxylic acids is 1. The molecule has 0 fully saturated rings. The fraction of sp³-hybridized carbons (Fsp3) is 0.100. The first kappa shape index (κ1) is 17.9. The molecule has 140 valence electrons. The lowest BCUT2D eigenvalue weighted by atomic mass is 10.2. The Balaban J connectivity index is 1.43. The summed E-state index contributed by atoms with van der Waals surface area (Å²) >= 11 is 6.26. The molecular weight excluding hydrogens is 378 g/mol. The molecule has 28 heavy (non-hydrogen) atoms. The molecule has 0 atom stereocenters. The highest BCUT2D eigenvalue weighted by Gasteiger charge is 2.13. The largest absolute Gasteiger partial charge is 0.475 e. The molecule has 2 aromatic carbocycles. The number of benzene rings is 2. The summed E-state index contributed by atoms with van der Waals surface area (Å²) in [6.07, 6.45) is 0. The van der Waals surface area contributed by atoms with Crippen LogP contribution in [0.4, 0.5) is 0 Å².